The average Bonchev–Trinajstić information content (AvgIpc) is 3.15. The van der Waals surface area contributed by atoms with E-state index in [0.29, 0.717) is 36.3 Å². The Morgan fingerprint density at radius 1 is 0.929 bits per heavy atom. The normalized spacial score (nSPS) is 11.4. The molecule has 3 rings (SSSR count). The van der Waals surface area contributed by atoms with Crippen molar-refractivity contribution in [3.8, 4) is 17.2 Å². The molecule has 7 heteroatoms. The van der Waals surface area contributed by atoms with Crippen LogP contribution >= 0.6 is 0 Å². The van der Waals surface area contributed by atoms with Crippen molar-refractivity contribution in [1.29, 1.82) is 0 Å². The molecule has 28 heavy (non-hydrogen) atoms. The SMILES string of the molecule is CN=C(NCc1cc(OC)c(OC)c(OC)c1)NCc1cc2ccccc2o1. The molecule has 0 aliphatic rings. The Morgan fingerprint density at radius 2 is 1.61 bits per heavy atom. The predicted molar refractivity (Wildman–Crippen MR) is 109 cm³/mol. The fraction of sp³-hybridized carbons (Fsp3) is 0.286. The largest absolute Gasteiger partial charge is 0.493 e. The van der Waals surface area contributed by atoms with Gasteiger partial charge in [-0.2, -0.15) is 0 Å². The minimum absolute atomic E-state index is 0.531. The highest BCUT2D eigenvalue weighted by molar-refractivity contribution is 5.80. The molecule has 0 unspecified atom stereocenters. The fourth-order valence-electron chi connectivity index (χ4n) is 2.94. The maximum atomic E-state index is 5.82. The van der Waals surface area contributed by atoms with Crippen molar-refractivity contribution >= 4 is 16.9 Å². The van der Waals surface area contributed by atoms with Gasteiger partial charge in [0.2, 0.25) is 5.75 Å². The molecule has 7 nitrogen and oxygen atoms in total. The lowest BCUT2D eigenvalue weighted by Gasteiger charge is -2.15. The van der Waals surface area contributed by atoms with Crippen LogP contribution < -0.4 is 24.8 Å². The zero-order valence-electron chi connectivity index (χ0n) is 16.5. The first-order valence-corrected chi connectivity index (χ1v) is 8.89. The number of hydrogen-bond donors (Lipinski definition) is 2. The number of fused-ring (bicyclic) bond motifs is 1. The molecule has 0 fully saturated rings. The number of para-hydroxylation sites is 1. The van der Waals surface area contributed by atoms with Crippen LogP contribution in [0.3, 0.4) is 0 Å². The van der Waals surface area contributed by atoms with Gasteiger partial charge in [-0.1, -0.05) is 18.2 Å². The van der Waals surface area contributed by atoms with Crippen LogP contribution in [0.25, 0.3) is 11.0 Å². The maximum Gasteiger partial charge on any atom is 0.203 e. The second-order valence-electron chi connectivity index (χ2n) is 6.06. The van der Waals surface area contributed by atoms with Crippen molar-refractivity contribution in [2.45, 2.75) is 13.1 Å². The number of guanidine groups is 1. The molecule has 3 aromatic rings. The predicted octanol–water partition coefficient (Wildman–Crippen LogP) is 3.32. The Balaban J connectivity index is 1.63. The Bertz CT molecular complexity index is 907. The lowest BCUT2D eigenvalue weighted by molar-refractivity contribution is 0.323. The Hall–Kier alpha value is -3.35. The van der Waals surface area contributed by atoms with Crippen LogP contribution in [-0.2, 0) is 13.1 Å². The number of hydrogen-bond acceptors (Lipinski definition) is 5. The van der Waals surface area contributed by atoms with Crippen molar-refractivity contribution < 1.29 is 18.6 Å². The summed E-state index contributed by atoms with van der Waals surface area (Å²) in [4.78, 5) is 4.26. The van der Waals surface area contributed by atoms with Gasteiger partial charge in [-0.05, 0) is 29.8 Å². The number of aliphatic imine (C=N–C) groups is 1. The highest BCUT2D eigenvalue weighted by Gasteiger charge is 2.13. The molecule has 0 atom stereocenters. The summed E-state index contributed by atoms with van der Waals surface area (Å²) in [6, 6.07) is 13.8. The molecule has 2 aromatic carbocycles. The van der Waals surface area contributed by atoms with E-state index in [1.165, 1.54) is 0 Å². The standard InChI is InChI=1S/C21H25N3O4/c1-22-21(24-13-16-11-15-7-5-6-8-17(15)28-16)23-12-14-9-18(25-2)20(27-4)19(10-14)26-3/h5-11H,12-13H2,1-4H3,(H2,22,23,24). The van der Waals surface area contributed by atoms with Crippen molar-refractivity contribution in [2.24, 2.45) is 4.99 Å². The third-order valence-electron chi connectivity index (χ3n) is 4.31. The van der Waals surface area contributed by atoms with E-state index in [-0.39, 0.29) is 0 Å². The van der Waals surface area contributed by atoms with Gasteiger partial charge in [0, 0.05) is 19.0 Å². The third kappa shape index (κ3) is 4.31. The summed E-state index contributed by atoms with van der Waals surface area (Å²) in [5.41, 5.74) is 1.85. The van der Waals surface area contributed by atoms with E-state index in [4.69, 9.17) is 18.6 Å². The first-order chi connectivity index (χ1) is 13.7. The summed E-state index contributed by atoms with van der Waals surface area (Å²) in [6.45, 7) is 1.07. The molecular formula is C21H25N3O4. The molecule has 0 radical (unpaired) electrons. The summed E-state index contributed by atoms with van der Waals surface area (Å²) in [6.07, 6.45) is 0. The van der Waals surface area contributed by atoms with Crippen molar-refractivity contribution in [3.05, 3.63) is 53.8 Å². The van der Waals surface area contributed by atoms with Crippen molar-refractivity contribution in [1.82, 2.24) is 10.6 Å². The summed E-state index contributed by atoms with van der Waals surface area (Å²) < 4.78 is 22.0. The van der Waals surface area contributed by atoms with Crippen LogP contribution in [0.5, 0.6) is 17.2 Å². The van der Waals surface area contributed by atoms with E-state index in [2.05, 4.69) is 15.6 Å². The van der Waals surface area contributed by atoms with E-state index in [0.717, 1.165) is 22.3 Å². The minimum atomic E-state index is 0.531. The maximum absolute atomic E-state index is 5.82. The van der Waals surface area contributed by atoms with Gasteiger partial charge in [-0.25, -0.2) is 0 Å². The lowest BCUT2D eigenvalue weighted by atomic mass is 10.2. The third-order valence-corrected chi connectivity index (χ3v) is 4.31. The molecule has 0 bridgehead atoms. The highest BCUT2D eigenvalue weighted by Crippen LogP contribution is 2.38. The average molecular weight is 383 g/mol. The van der Waals surface area contributed by atoms with Crippen molar-refractivity contribution in [3.63, 3.8) is 0 Å². The van der Waals surface area contributed by atoms with Gasteiger partial charge in [0.25, 0.3) is 0 Å². The quantitative estimate of drug-likeness (QED) is 0.481. The number of furan rings is 1. The molecule has 1 heterocycles. The smallest absolute Gasteiger partial charge is 0.203 e. The molecular weight excluding hydrogens is 358 g/mol. The zero-order valence-corrected chi connectivity index (χ0v) is 16.5. The number of ether oxygens (including phenoxy) is 3. The first-order valence-electron chi connectivity index (χ1n) is 8.89. The molecule has 0 aliphatic heterocycles. The van der Waals surface area contributed by atoms with Gasteiger partial charge in [-0.15, -0.1) is 0 Å². The summed E-state index contributed by atoms with van der Waals surface area (Å²) >= 11 is 0. The van der Waals surface area contributed by atoms with Gasteiger partial charge in [-0.3, -0.25) is 4.99 Å². The lowest BCUT2D eigenvalue weighted by Crippen LogP contribution is -2.36. The van der Waals surface area contributed by atoms with E-state index in [1.807, 2.05) is 42.5 Å². The fourth-order valence-corrected chi connectivity index (χ4v) is 2.94. The van der Waals surface area contributed by atoms with E-state index < -0.39 is 0 Å². The zero-order chi connectivity index (χ0) is 19.9. The molecule has 2 N–H and O–H groups in total. The second-order valence-corrected chi connectivity index (χ2v) is 6.06. The minimum Gasteiger partial charge on any atom is -0.493 e. The second kappa shape index (κ2) is 9.03. The van der Waals surface area contributed by atoms with E-state index in [1.54, 1.807) is 28.4 Å². The molecule has 148 valence electrons. The summed E-state index contributed by atoms with van der Waals surface area (Å²) in [7, 11) is 6.51. The number of rotatable bonds is 7. The monoisotopic (exact) mass is 383 g/mol. The van der Waals surface area contributed by atoms with Crippen LogP contribution in [0.1, 0.15) is 11.3 Å². The van der Waals surface area contributed by atoms with Crippen LogP contribution in [0.15, 0.2) is 51.9 Å². The molecule has 1 aromatic heterocycles. The molecule has 0 saturated carbocycles. The molecule has 0 spiro atoms. The van der Waals surface area contributed by atoms with Gasteiger partial charge in [0.15, 0.2) is 17.5 Å². The first kappa shape index (κ1) is 19.4. The Labute approximate surface area is 164 Å². The van der Waals surface area contributed by atoms with Gasteiger partial charge >= 0.3 is 0 Å². The van der Waals surface area contributed by atoms with E-state index >= 15 is 0 Å². The summed E-state index contributed by atoms with van der Waals surface area (Å²) in [5.74, 6) is 3.31. The number of methoxy groups -OCH3 is 3. The van der Waals surface area contributed by atoms with Crippen molar-refractivity contribution in [2.75, 3.05) is 28.4 Å². The topological polar surface area (TPSA) is 77.3 Å². The number of nitrogens with zero attached hydrogens (tertiary/aromatic N) is 1. The highest BCUT2D eigenvalue weighted by atomic mass is 16.5. The number of benzene rings is 2. The Kier molecular flexibility index (Phi) is 6.26. The van der Waals surface area contributed by atoms with Crippen LogP contribution in [0.2, 0.25) is 0 Å². The van der Waals surface area contributed by atoms with Gasteiger partial charge < -0.3 is 29.3 Å². The molecule has 0 amide bonds. The van der Waals surface area contributed by atoms with Crippen LogP contribution in [-0.4, -0.2) is 34.3 Å². The summed E-state index contributed by atoms with van der Waals surface area (Å²) in [5, 5.41) is 7.61. The van der Waals surface area contributed by atoms with Gasteiger partial charge in [0.05, 0.1) is 27.9 Å². The molecule has 0 saturated heterocycles. The van der Waals surface area contributed by atoms with E-state index in [9.17, 15) is 0 Å². The Morgan fingerprint density at radius 3 is 2.21 bits per heavy atom. The van der Waals surface area contributed by atoms with Crippen LogP contribution in [0, 0.1) is 0 Å². The van der Waals surface area contributed by atoms with Crippen LogP contribution in [0.4, 0.5) is 0 Å². The number of nitrogens with one attached hydrogen (secondary N) is 2. The molecule has 0 aliphatic carbocycles. The van der Waals surface area contributed by atoms with Gasteiger partial charge in [0.1, 0.15) is 11.3 Å².